The maximum absolute atomic E-state index is 11.9. The summed E-state index contributed by atoms with van der Waals surface area (Å²) in [7, 11) is 0. The zero-order valence-electron chi connectivity index (χ0n) is 12.6. The summed E-state index contributed by atoms with van der Waals surface area (Å²) >= 11 is 5.88. The summed E-state index contributed by atoms with van der Waals surface area (Å²) in [6, 6.07) is 6.60. The van der Waals surface area contributed by atoms with E-state index < -0.39 is 0 Å². The summed E-state index contributed by atoms with van der Waals surface area (Å²) < 4.78 is 0. The first-order chi connectivity index (χ1) is 11.2. The fourth-order valence-corrected chi connectivity index (χ4v) is 2.69. The second-order valence-corrected chi connectivity index (χ2v) is 5.85. The molecule has 1 aliphatic heterocycles. The molecule has 2 aromatic rings. The number of aromatic nitrogens is 2. The molecule has 7 heteroatoms. The molecule has 0 radical (unpaired) electrons. The van der Waals surface area contributed by atoms with E-state index in [2.05, 4.69) is 25.5 Å². The summed E-state index contributed by atoms with van der Waals surface area (Å²) in [6.45, 7) is 1.98. The molecule has 23 heavy (non-hydrogen) atoms. The van der Waals surface area contributed by atoms with Crippen molar-refractivity contribution in [3.05, 3.63) is 41.7 Å². The van der Waals surface area contributed by atoms with Gasteiger partial charge in [-0.05, 0) is 37.5 Å². The number of hydrogen-bond acceptors (Lipinski definition) is 4. The molecular weight excluding hydrogens is 314 g/mol. The van der Waals surface area contributed by atoms with Crippen LogP contribution in [0.1, 0.15) is 19.3 Å². The molecule has 2 amide bonds. The Morgan fingerprint density at radius 3 is 2.43 bits per heavy atom. The van der Waals surface area contributed by atoms with Crippen molar-refractivity contribution < 1.29 is 4.79 Å². The minimum absolute atomic E-state index is 0.360. The Morgan fingerprint density at radius 1 is 1.04 bits per heavy atom. The van der Waals surface area contributed by atoms with Crippen molar-refractivity contribution in [3.8, 4) is 0 Å². The highest BCUT2D eigenvalue weighted by molar-refractivity contribution is 6.30. The van der Waals surface area contributed by atoms with Gasteiger partial charge in [0.2, 0.25) is 5.95 Å². The highest BCUT2D eigenvalue weighted by Crippen LogP contribution is 2.17. The van der Waals surface area contributed by atoms with Crippen LogP contribution in [0.5, 0.6) is 0 Å². The van der Waals surface area contributed by atoms with Gasteiger partial charge in [-0.3, -0.25) is 0 Å². The highest BCUT2D eigenvalue weighted by Gasteiger charge is 2.13. The Morgan fingerprint density at radius 2 is 1.74 bits per heavy atom. The van der Waals surface area contributed by atoms with Crippen molar-refractivity contribution in [2.24, 2.45) is 0 Å². The summed E-state index contributed by atoms with van der Waals surface area (Å²) in [5, 5.41) is 5.98. The van der Waals surface area contributed by atoms with E-state index in [-0.39, 0.29) is 6.03 Å². The Labute approximate surface area is 139 Å². The van der Waals surface area contributed by atoms with Crippen LogP contribution in [0.2, 0.25) is 5.02 Å². The van der Waals surface area contributed by atoms with Crippen molar-refractivity contribution in [2.45, 2.75) is 19.3 Å². The lowest BCUT2D eigenvalue weighted by Crippen LogP contribution is -2.31. The largest absolute Gasteiger partial charge is 0.341 e. The van der Waals surface area contributed by atoms with Gasteiger partial charge in [0.05, 0.1) is 18.1 Å². The Balaban J connectivity index is 1.58. The van der Waals surface area contributed by atoms with Crippen LogP contribution >= 0.6 is 11.6 Å². The number of amides is 2. The van der Waals surface area contributed by atoms with E-state index in [1.54, 1.807) is 36.7 Å². The van der Waals surface area contributed by atoms with E-state index in [4.69, 9.17) is 11.6 Å². The van der Waals surface area contributed by atoms with Crippen LogP contribution in [-0.2, 0) is 0 Å². The smallest absolute Gasteiger partial charge is 0.323 e. The second kappa shape index (κ2) is 7.28. The molecule has 0 spiro atoms. The van der Waals surface area contributed by atoms with Gasteiger partial charge in [0, 0.05) is 23.8 Å². The maximum atomic E-state index is 11.9. The third kappa shape index (κ3) is 4.32. The van der Waals surface area contributed by atoms with Crippen LogP contribution in [0, 0.1) is 0 Å². The predicted molar refractivity (Wildman–Crippen MR) is 92.2 cm³/mol. The third-order valence-electron chi connectivity index (χ3n) is 3.62. The number of benzene rings is 1. The van der Waals surface area contributed by atoms with Crippen molar-refractivity contribution in [3.63, 3.8) is 0 Å². The van der Waals surface area contributed by atoms with Gasteiger partial charge in [-0.1, -0.05) is 17.7 Å². The fraction of sp³-hybridized carbons (Fsp3) is 0.312. The van der Waals surface area contributed by atoms with Crippen LogP contribution in [0.4, 0.5) is 22.1 Å². The van der Waals surface area contributed by atoms with Gasteiger partial charge in [-0.2, -0.15) is 0 Å². The average Bonchev–Trinajstić information content (AvgIpc) is 2.56. The summed E-state index contributed by atoms with van der Waals surface area (Å²) in [4.78, 5) is 22.8. The van der Waals surface area contributed by atoms with Crippen LogP contribution in [0.15, 0.2) is 36.7 Å². The molecule has 0 unspecified atom stereocenters. The van der Waals surface area contributed by atoms with E-state index in [0.29, 0.717) is 22.3 Å². The molecule has 3 rings (SSSR count). The van der Waals surface area contributed by atoms with Crippen LogP contribution in [0.25, 0.3) is 0 Å². The van der Waals surface area contributed by atoms with E-state index in [1.165, 1.54) is 19.3 Å². The SMILES string of the molecule is O=C(Nc1cnc(N2CCCCC2)nc1)Nc1cccc(Cl)c1. The van der Waals surface area contributed by atoms with Gasteiger partial charge in [0.25, 0.3) is 0 Å². The van der Waals surface area contributed by atoms with Crippen LogP contribution < -0.4 is 15.5 Å². The number of hydrogen-bond donors (Lipinski definition) is 2. The van der Waals surface area contributed by atoms with Crippen LogP contribution in [-0.4, -0.2) is 29.1 Å². The molecular formula is C16H18ClN5O. The monoisotopic (exact) mass is 331 g/mol. The second-order valence-electron chi connectivity index (χ2n) is 5.41. The predicted octanol–water partition coefficient (Wildman–Crippen LogP) is 3.76. The van der Waals surface area contributed by atoms with Crippen molar-refractivity contribution in [1.29, 1.82) is 0 Å². The summed E-state index contributed by atoms with van der Waals surface area (Å²) in [5.41, 5.74) is 1.17. The molecule has 120 valence electrons. The molecule has 2 N–H and O–H groups in total. The summed E-state index contributed by atoms with van der Waals surface area (Å²) in [6.07, 6.45) is 6.85. The van der Waals surface area contributed by atoms with Gasteiger partial charge in [0.15, 0.2) is 0 Å². The first-order valence-electron chi connectivity index (χ1n) is 7.61. The highest BCUT2D eigenvalue weighted by atomic mass is 35.5. The molecule has 6 nitrogen and oxygen atoms in total. The number of nitrogens with zero attached hydrogens (tertiary/aromatic N) is 3. The van der Waals surface area contributed by atoms with Crippen molar-refractivity contribution >= 4 is 35.0 Å². The lowest BCUT2D eigenvalue weighted by molar-refractivity contribution is 0.262. The molecule has 0 atom stereocenters. The lowest BCUT2D eigenvalue weighted by atomic mass is 10.1. The van der Waals surface area contributed by atoms with Gasteiger partial charge < -0.3 is 15.5 Å². The zero-order valence-corrected chi connectivity index (χ0v) is 13.4. The van der Waals surface area contributed by atoms with Gasteiger partial charge in [-0.25, -0.2) is 14.8 Å². The number of anilines is 3. The molecule has 1 aliphatic rings. The number of rotatable bonds is 3. The van der Waals surface area contributed by atoms with Crippen molar-refractivity contribution in [1.82, 2.24) is 9.97 Å². The third-order valence-corrected chi connectivity index (χ3v) is 3.85. The standard InChI is InChI=1S/C16H18ClN5O/c17-12-5-4-6-13(9-12)20-16(23)21-14-10-18-15(19-11-14)22-7-2-1-3-8-22/h4-6,9-11H,1-3,7-8H2,(H2,20,21,23). The van der Waals surface area contributed by atoms with E-state index >= 15 is 0 Å². The fourth-order valence-electron chi connectivity index (χ4n) is 2.50. The topological polar surface area (TPSA) is 70.2 Å². The molecule has 0 saturated carbocycles. The molecule has 0 aliphatic carbocycles. The molecule has 0 bridgehead atoms. The number of piperidine rings is 1. The minimum Gasteiger partial charge on any atom is -0.341 e. The van der Waals surface area contributed by atoms with Gasteiger partial charge in [0.1, 0.15) is 0 Å². The molecule has 1 aromatic carbocycles. The Kier molecular flexibility index (Phi) is 4.92. The number of nitrogens with one attached hydrogen (secondary N) is 2. The van der Waals surface area contributed by atoms with Crippen molar-refractivity contribution in [2.75, 3.05) is 28.6 Å². The molecule has 1 aromatic heterocycles. The van der Waals surface area contributed by atoms with Gasteiger partial charge in [-0.15, -0.1) is 0 Å². The number of carbonyl (C=O) groups is 1. The zero-order chi connectivity index (χ0) is 16.1. The summed E-state index contributed by atoms with van der Waals surface area (Å²) in [5.74, 6) is 0.713. The number of urea groups is 1. The quantitative estimate of drug-likeness (QED) is 0.898. The molecule has 2 heterocycles. The Hall–Kier alpha value is -2.34. The van der Waals surface area contributed by atoms with Crippen LogP contribution in [0.3, 0.4) is 0 Å². The minimum atomic E-state index is -0.360. The first kappa shape index (κ1) is 15.6. The molecule has 1 fully saturated rings. The van der Waals surface area contributed by atoms with E-state index in [1.807, 2.05) is 0 Å². The first-order valence-corrected chi connectivity index (χ1v) is 7.99. The van der Waals surface area contributed by atoms with Gasteiger partial charge >= 0.3 is 6.03 Å². The lowest BCUT2D eigenvalue weighted by Gasteiger charge is -2.26. The van der Waals surface area contributed by atoms with E-state index in [0.717, 1.165) is 13.1 Å². The van der Waals surface area contributed by atoms with E-state index in [9.17, 15) is 4.79 Å². The molecule has 1 saturated heterocycles. The average molecular weight is 332 g/mol. The normalized spacial score (nSPS) is 14.4. The number of halogens is 1. The maximum Gasteiger partial charge on any atom is 0.323 e. The Bertz CT molecular complexity index is 670. The number of carbonyl (C=O) groups excluding carboxylic acids is 1.